The second kappa shape index (κ2) is 8.27. The lowest BCUT2D eigenvalue weighted by molar-refractivity contribution is -0.00729. The van der Waals surface area contributed by atoms with Crippen LogP contribution >= 0.6 is 0 Å². The van der Waals surface area contributed by atoms with Crippen LogP contribution in [0.3, 0.4) is 0 Å². The summed E-state index contributed by atoms with van der Waals surface area (Å²) in [6, 6.07) is 0.142. The van der Waals surface area contributed by atoms with Gasteiger partial charge in [0.1, 0.15) is 5.60 Å². The SMILES string of the molecule is CC(C)C1CCCC(NCC(F)(F)CNC(=O)OC(C)(C)C)C1. The van der Waals surface area contributed by atoms with E-state index in [4.69, 9.17) is 4.74 Å². The van der Waals surface area contributed by atoms with Crippen LogP contribution in [0.1, 0.15) is 60.3 Å². The van der Waals surface area contributed by atoms with Gasteiger partial charge < -0.3 is 15.4 Å². The zero-order valence-corrected chi connectivity index (χ0v) is 15.0. The van der Waals surface area contributed by atoms with Gasteiger partial charge in [0.05, 0.1) is 13.1 Å². The van der Waals surface area contributed by atoms with Crippen molar-refractivity contribution in [1.29, 1.82) is 0 Å². The summed E-state index contributed by atoms with van der Waals surface area (Å²) in [5, 5.41) is 5.12. The highest BCUT2D eigenvalue weighted by molar-refractivity contribution is 5.67. The Morgan fingerprint density at radius 3 is 2.43 bits per heavy atom. The van der Waals surface area contributed by atoms with Crippen molar-refractivity contribution in [1.82, 2.24) is 10.6 Å². The lowest BCUT2D eigenvalue weighted by Gasteiger charge is -2.33. The maximum Gasteiger partial charge on any atom is 0.407 e. The van der Waals surface area contributed by atoms with Crippen molar-refractivity contribution in [3.05, 3.63) is 0 Å². The molecule has 0 aromatic rings. The van der Waals surface area contributed by atoms with E-state index in [1.54, 1.807) is 20.8 Å². The van der Waals surface area contributed by atoms with E-state index in [1.807, 2.05) is 0 Å². The van der Waals surface area contributed by atoms with E-state index in [1.165, 1.54) is 6.42 Å². The smallest absolute Gasteiger partial charge is 0.407 e. The third-order valence-electron chi connectivity index (χ3n) is 4.20. The Hall–Kier alpha value is -0.910. The van der Waals surface area contributed by atoms with E-state index in [0.29, 0.717) is 11.8 Å². The molecule has 0 spiro atoms. The van der Waals surface area contributed by atoms with Gasteiger partial charge in [-0.1, -0.05) is 26.7 Å². The molecule has 1 aliphatic carbocycles. The number of nitrogens with one attached hydrogen (secondary N) is 2. The van der Waals surface area contributed by atoms with Crippen LogP contribution in [0.15, 0.2) is 0 Å². The van der Waals surface area contributed by atoms with Crippen LogP contribution in [0.5, 0.6) is 0 Å². The van der Waals surface area contributed by atoms with Gasteiger partial charge >= 0.3 is 6.09 Å². The summed E-state index contributed by atoms with van der Waals surface area (Å²) in [4.78, 5) is 11.4. The minimum atomic E-state index is -2.98. The topological polar surface area (TPSA) is 50.4 Å². The summed E-state index contributed by atoms with van der Waals surface area (Å²) in [5.41, 5.74) is -0.689. The molecule has 2 unspecified atom stereocenters. The number of amides is 1. The zero-order valence-electron chi connectivity index (χ0n) is 15.0. The summed E-state index contributed by atoms with van der Waals surface area (Å²) in [5.74, 6) is -1.79. The van der Waals surface area contributed by atoms with Gasteiger partial charge in [0.15, 0.2) is 0 Å². The van der Waals surface area contributed by atoms with Crippen molar-refractivity contribution >= 4 is 6.09 Å². The van der Waals surface area contributed by atoms with Gasteiger partial charge in [0.2, 0.25) is 0 Å². The molecule has 2 N–H and O–H groups in total. The largest absolute Gasteiger partial charge is 0.444 e. The Morgan fingerprint density at radius 1 is 1.22 bits per heavy atom. The fourth-order valence-corrected chi connectivity index (χ4v) is 2.89. The second-order valence-electron chi connectivity index (χ2n) is 7.96. The van der Waals surface area contributed by atoms with E-state index < -0.39 is 30.7 Å². The molecule has 0 radical (unpaired) electrons. The minimum absolute atomic E-state index is 0.142. The molecule has 0 heterocycles. The second-order valence-corrected chi connectivity index (χ2v) is 7.96. The third-order valence-corrected chi connectivity index (χ3v) is 4.20. The summed E-state index contributed by atoms with van der Waals surface area (Å²) < 4.78 is 32.8. The number of ether oxygens (including phenoxy) is 1. The first-order valence-electron chi connectivity index (χ1n) is 8.56. The number of hydrogen-bond donors (Lipinski definition) is 2. The van der Waals surface area contributed by atoms with Gasteiger partial charge in [-0.05, 0) is 45.4 Å². The normalized spacial score (nSPS) is 23.0. The van der Waals surface area contributed by atoms with Gasteiger partial charge in [-0.3, -0.25) is 0 Å². The molecule has 0 aliphatic heterocycles. The molecule has 0 aromatic carbocycles. The number of carbonyl (C=O) groups excluding carboxylic acids is 1. The van der Waals surface area contributed by atoms with Gasteiger partial charge in [0, 0.05) is 6.04 Å². The predicted octanol–water partition coefficient (Wildman–Crippen LogP) is 3.95. The summed E-state index contributed by atoms with van der Waals surface area (Å²) >= 11 is 0. The molecule has 1 amide bonds. The first-order chi connectivity index (χ1) is 10.5. The van der Waals surface area contributed by atoms with E-state index >= 15 is 0 Å². The van der Waals surface area contributed by atoms with Crippen LogP contribution in [0.2, 0.25) is 0 Å². The Bertz CT molecular complexity index is 381. The Kier molecular flexibility index (Phi) is 7.24. The van der Waals surface area contributed by atoms with Crippen molar-refractivity contribution < 1.29 is 18.3 Å². The monoisotopic (exact) mass is 334 g/mol. The average Bonchev–Trinajstić information content (AvgIpc) is 2.42. The van der Waals surface area contributed by atoms with Crippen molar-refractivity contribution in [2.45, 2.75) is 77.9 Å². The highest BCUT2D eigenvalue weighted by Crippen LogP contribution is 2.30. The van der Waals surface area contributed by atoms with Crippen molar-refractivity contribution in [3.63, 3.8) is 0 Å². The Labute approximate surface area is 138 Å². The third kappa shape index (κ3) is 8.49. The highest BCUT2D eigenvalue weighted by Gasteiger charge is 2.32. The molecule has 136 valence electrons. The molecule has 1 aliphatic rings. The van der Waals surface area contributed by atoms with Crippen LogP contribution in [-0.2, 0) is 4.74 Å². The fourth-order valence-electron chi connectivity index (χ4n) is 2.89. The summed E-state index contributed by atoms with van der Waals surface area (Å²) in [7, 11) is 0. The number of rotatable bonds is 6. The van der Waals surface area contributed by atoms with Crippen LogP contribution in [0.4, 0.5) is 13.6 Å². The maximum absolute atomic E-state index is 13.9. The molecule has 1 saturated carbocycles. The van der Waals surface area contributed by atoms with Gasteiger partial charge in [0.25, 0.3) is 5.92 Å². The Morgan fingerprint density at radius 2 is 1.87 bits per heavy atom. The van der Waals surface area contributed by atoms with Crippen LogP contribution < -0.4 is 10.6 Å². The number of hydrogen-bond acceptors (Lipinski definition) is 3. The van der Waals surface area contributed by atoms with Crippen molar-refractivity contribution in [2.75, 3.05) is 13.1 Å². The first kappa shape index (κ1) is 20.1. The highest BCUT2D eigenvalue weighted by atomic mass is 19.3. The average molecular weight is 334 g/mol. The maximum atomic E-state index is 13.9. The zero-order chi connectivity index (χ0) is 17.7. The molecular formula is C17H32F2N2O2. The number of alkyl carbamates (subject to hydrolysis) is 1. The summed E-state index contributed by atoms with van der Waals surface area (Å²) in [6.45, 7) is 8.33. The van der Waals surface area contributed by atoms with E-state index in [-0.39, 0.29) is 6.04 Å². The number of halogens is 2. The predicted molar refractivity (Wildman–Crippen MR) is 87.8 cm³/mol. The lowest BCUT2D eigenvalue weighted by atomic mass is 9.79. The first-order valence-corrected chi connectivity index (χ1v) is 8.56. The summed E-state index contributed by atoms with van der Waals surface area (Å²) in [6.07, 6.45) is 3.36. The van der Waals surface area contributed by atoms with E-state index in [0.717, 1.165) is 19.3 Å². The molecule has 6 heteroatoms. The molecule has 23 heavy (non-hydrogen) atoms. The standard InChI is InChI=1S/C17H32F2N2O2/c1-12(2)13-7-6-8-14(9-13)20-10-17(18,19)11-21-15(22)23-16(3,4)5/h12-14,20H,6-11H2,1-5H3,(H,21,22). The van der Waals surface area contributed by atoms with Gasteiger partial charge in [-0.15, -0.1) is 0 Å². The molecule has 1 rings (SSSR count). The fraction of sp³-hybridized carbons (Fsp3) is 0.941. The molecular weight excluding hydrogens is 302 g/mol. The van der Waals surface area contributed by atoms with Crippen molar-refractivity contribution in [3.8, 4) is 0 Å². The molecule has 1 fully saturated rings. The minimum Gasteiger partial charge on any atom is -0.444 e. The van der Waals surface area contributed by atoms with Crippen LogP contribution in [0, 0.1) is 11.8 Å². The number of alkyl halides is 2. The van der Waals surface area contributed by atoms with Gasteiger partial charge in [-0.2, -0.15) is 0 Å². The number of carbonyl (C=O) groups is 1. The van der Waals surface area contributed by atoms with Gasteiger partial charge in [-0.25, -0.2) is 13.6 Å². The van der Waals surface area contributed by atoms with Crippen LogP contribution in [-0.4, -0.2) is 36.7 Å². The quantitative estimate of drug-likeness (QED) is 0.773. The van der Waals surface area contributed by atoms with E-state index in [9.17, 15) is 13.6 Å². The molecule has 0 bridgehead atoms. The van der Waals surface area contributed by atoms with Crippen LogP contribution in [0.25, 0.3) is 0 Å². The van der Waals surface area contributed by atoms with E-state index in [2.05, 4.69) is 24.5 Å². The molecule has 0 saturated heterocycles. The molecule has 0 aromatic heterocycles. The molecule has 2 atom stereocenters. The molecule has 4 nitrogen and oxygen atoms in total. The lowest BCUT2D eigenvalue weighted by Crippen LogP contribution is -2.48. The Balaban J connectivity index is 2.33. The van der Waals surface area contributed by atoms with Crippen molar-refractivity contribution in [2.24, 2.45) is 11.8 Å².